The molecule has 2 aromatic rings. The van der Waals surface area contributed by atoms with Gasteiger partial charge in [-0.15, -0.1) is 0 Å². The molecule has 3 nitrogen and oxygen atoms in total. The first-order chi connectivity index (χ1) is 10.8. The standard InChI is InChI=1S/C10H11NO.C9H11BrO/c1-7(2)9-5-8(6-11)3-4-10(9)12;1-6(2)8-5-7(10)3-4-9(8)11/h3-5,7,12H,1-2H3;3-6,11H,1-2H3. The Balaban J connectivity index is 0.000000231. The van der Waals surface area contributed by atoms with Crippen LogP contribution in [0.2, 0.25) is 0 Å². The van der Waals surface area contributed by atoms with Crippen LogP contribution in [0.3, 0.4) is 0 Å². The maximum absolute atomic E-state index is 9.39. The zero-order chi connectivity index (χ0) is 17.6. The van der Waals surface area contributed by atoms with Crippen LogP contribution in [0.1, 0.15) is 56.2 Å². The summed E-state index contributed by atoms with van der Waals surface area (Å²) in [5.41, 5.74) is 2.41. The summed E-state index contributed by atoms with van der Waals surface area (Å²) in [5, 5.41) is 27.4. The van der Waals surface area contributed by atoms with Crippen LogP contribution in [0.4, 0.5) is 0 Å². The fraction of sp³-hybridized carbons (Fsp3) is 0.316. The Labute approximate surface area is 146 Å². The van der Waals surface area contributed by atoms with Gasteiger partial charge in [-0.2, -0.15) is 5.26 Å². The van der Waals surface area contributed by atoms with Crippen molar-refractivity contribution < 1.29 is 10.2 Å². The quantitative estimate of drug-likeness (QED) is 0.710. The average Bonchev–Trinajstić information content (AvgIpc) is 2.50. The molecule has 0 amide bonds. The molecule has 0 saturated heterocycles. The second kappa shape index (κ2) is 8.59. The molecule has 0 aliphatic carbocycles. The second-order valence-corrected chi connectivity index (χ2v) is 6.81. The van der Waals surface area contributed by atoms with Crippen molar-refractivity contribution in [3.8, 4) is 17.6 Å². The zero-order valence-electron chi connectivity index (χ0n) is 13.8. The first kappa shape index (κ1) is 19.1. The van der Waals surface area contributed by atoms with E-state index in [9.17, 15) is 10.2 Å². The van der Waals surface area contributed by atoms with Crippen molar-refractivity contribution in [3.63, 3.8) is 0 Å². The van der Waals surface area contributed by atoms with Gasteiger partial charge in [-0.1, -0.05) is 43.6 Å². The molecule has 0 aliphatic heterocycles. The topological polar surface area (TPSA) is 64.2 Å². The van der Waals surface area contributed by atoms with Crippen molar-refractivity contribution in [3.05, 3.63) is 57.6 Å². The van der Waals surface area contributed by atoms with Gasteiger partial charge in [-0.05, 0) is 59.4 Å². The molecule has 0 spiro atoms. The highest BCUT2D eigenvalue weighted by molar-refractivity contribution is 9.10. The number of phenolic OH excluding ortho intramolecular Hbond substituents is 2. The molecular weight excluding hydrogens is 354 g/mol. The predicted molar refractivity (Wildman–Crippen MR) is 96.8 cm³/mol. The van der Waals surface area contributed by atoms with Gasteiger partial charge in [0.25, 0.3) is 0 Å². The highest BCUT2D eigenvalue weighted by Crippen LogP contribution is 2.28. The summed E-state index contributed by atoms with van der Waals surface area (Å²) >= 11 is 3.35. The SMILES string of the molecule is CC(C)c1cc(Br)ccc1O.CC(C)c1cc(C#N)ccc1O. The molecule has 0 saturated carbocycles. The van der Waals surface area contributed by atoms with Gasteiger partial charge in [0.2, 0.25) is 0 Å². The summed E-state index contributed by atoms with van der Waals surface area (Å²) in [4.78, 5) is 0. The van der Waals surface area contributed by atoms with Crippen LogP contribution in [0, 0.1) is 11.3 Å². The largest absolute Gasteiger partial charge is 0.508 e. The van der Waals surface area contributed by atoms with Crippen molar-refractivity contribution >= 4 is 15.9 Å². The Morgan fingerprint density at radius 3 is 1.78 bits per heavy atom. The summed E-state index contributed by atoms with van der Waals surface area (Å²) in [6.07, 6.45) is 0. The molecule has 122 valence electrons. The number of nitriles is 1. The van der Waals surface area contributed by atoms with Crippen molar-refractivity contribution in [2.75, 3.05) is 0 Å². The number of aromatic hydroxyl groups is 2. The maximum Gasteiger partial charge on any atom is 0.119 e. The van der Waals surface area contributed by atoms with E-state index in [4.69, 9.17) is 5.26 Å². The molecule has 4 heteroatoms. The van der Waals surface area contributed by atoms with Crippen LogP contribution in [-0.4, -0.2) is 10.2 Å². The van der Waals surface area contributed by atoms with Gasteiger partial charge in [-0.3, -0.25) is 0 Å². The number of hydrogen-bond acceptors (Lipinski definition) is 3. The van der Waals surface area contributed by atoms with E-state index >= 15 is 0 Å². The van der Waals surface area contributed by atoms with Crippen LogP contribution in [0.25, 0.3) is 0 Å². The molecular formula is C19H22BrNO2. The van der Waals surface area contributed by atoms with E-state index in [0.717, 1.165) is 15.6 Å². The first-order valence-electron chi connectivity index (χ1n) is 7.47. The van der Waals surface area contributed by atoms with Gasteiger partial charge in [0.05, 0.1) is 11.6 Å². The lowest BCUT2D eigenvalue weighted by Crippen LogP contribution is -1.88. The summed E-state index contributed by atoms with van der Waals surface area (Å²) in [6, 6.07) is 12.4. The minimum Gasteiger partial charge on any atom is -0.508 e. The summed E-state index contributed by atoms with van der Waals surface area (Å²) in [6.45, 7) is 8.08. The number of benzene rings is 2. The third kappa shape index (κ3) is 5.61. The van der Waals surface area contributed by atoms with Crippen LogP contribution < -0.4 is 0 Å². The normalized spacial score (nSPS) is 10.2. The van der Waals surface area contributed by atoms with Crippen LogP contribution in [0.15, 0.2) is 40.9 Å². The lowest BCUT2D eigenvalue weighted by atomic mass is 10.0. The molecule has 0 atom stereocenters. The minimum atomic E-state index is 0.248. The van der Waals surface area contributed by atoms with Gasteiger partial charge >= 0.3 is 0 Å². The van der Waals surface area contributed by atoms with E-state index in [0.29, 0.717) is 17.2 Å². The van der Waals surface area contributed by atoms with Gasteiger partial charge in [0.1, 0.15) is 11.5 Å². The van der Waals surface area contributed by atoms with Crippen molar-refractivity contribution in [2.24, 2.45) is 0 Å². The molecule has 0 aliphatic rings. The number of nitrogens with zero attached hydrogens (tertiary/aromatic N) is 1. The van der Waals surface area contributed by atoms with Gasteiger partial charge in [-0.25, -0.2) is 0 Å². The smallest absolute Gasteiger partial charge is 0.119 e. The lowest BCUT2D eigenvalue weighted by Gasteiger charge is -2.07. The lowest BCUT2D eigenvalue weighted by molar-refractivity contribution is 0.464. The van der Waals surface area contributed by atoms with E-state index in [1.165, 1.54) is 0 Å². The van der Waals surface area contributed by atoms with Crippen molar-refractivity contribution in [2.45, 2.75) is 39.5 Å². The fourth-order valence-electron chi connectivity index (χ4n) is 2.07. The molecule has 23 heavy (non-hydrogen) atoms. The molecule has 0 heterocycles. The number of halogens is 1. The monoisotopic (exact) mass is 375 g/mol. The van der Waals surface area contributed by atoms with Crippen LogP contribution in [-0.2, 0) is 0 Å². The van der Waals surface area contributed by atoms with E-state index in [-0.39, 0.29) is 11.7 Å². The van der Waals surface area contributed by atoms with Crippen molar-refractivity contribution in [1.29, 1.82) is 5.26 Å². The van der Waals surface area contributed by atoms with E-state index in [1.807, 2.05) is 32.0 Å². The van der Waals surface area contributed by atoms with E-state index in [2.05, 4.69) is 29.8 Å². The third-order valence-corrected chi connectivity index (χ3v) is 3.88. The van der Waals surface area contributed by atoms with Crippen LogP contribution in [0.5, 0.6) is 11.5 Å². The molecule has 0 aromatic heterocycles. The molecule has 0 fully saturated rings. The average molecular weight is 376 g/mol. The van der Waals surface area contributed by atoms with Gasteiger partial charge < -0.3 is 10.2 Å². The van der Waals surface area contributed by atoms with Gasteiger partial charge in [0.15, 0.2) is 0 Å². The highest BCUT2D eigenvalue weighted by atomic mass is 79.9. The Hall–Kier alpha value is -1.99. The van der Waals surface area contributed by atoms with Crippen LogP contribution >= 0.6 is 15.9 Å². The summed E-state index contributed by atoms with van der Waals surface area (Å²) in [5.74, 6) is 1.26. The summed E-state index contributed by atoms with van der Waals surface area (Å²) < 4.78 is 1.01. The first-order valence-corrected chi connectivity index (χ1v) is 8.27. The zero-order valence-corrected chi connectivity index (χ0v) is 15.4. The van der Waals surface area contributed by atoms with E-state index < -0.39 is 0 Å². The Morgan fingerprint density at radius 2 is 1.35 bits per heavy atom. The molecule has 0 unspecified atom stereocenters. The number of rotatable bonds is 2. The molecule has 2 rings (SSSR count). The number of phenols is 2. The molecule has 2 N–H and O–H groups in total. The minimum absolute atomic E-state index is 0.248. The molecule has 0 radical (unpaired) electrons. The van der Waals surface area contributed by atoms with Gasteiger partial charge in [0, 0.05) is 4.47 Å². The van der Waals surface area contributed by atoms with Crippen molar-refractivity contribution in [1.82, 2.24) is 0 Å². The molecule has 2 aromatic carbocycles. The second-order valence-electron chi connectivity index (χ2n) is 5.90. The highest BCUT2D eigenvalue weighted by Gasteiger charge is 2.06. The Morgan fingerprint density at radius 1 is 0.870 bits per heavy atom. The third-order valence-electron chi connectivity index (χ3n) is 3.39. The molecule has 0 bridgehead atoms. The van der Waals surface area contributed by atoms with E-state index in [1.54, 1.807) is 24.3 Å². The predicted octanol–water partition coefficient (Wildman–Crippen LogP) is 5.67. The Kier molecular flexibility index (Phi) is 7.12. The Bertz CT molecular complexity index is 703. The summed E-state index contributed by atoms with van der Waals surface area (Å²) in [7, 11) is 0. The number of hydrogen-bond donors (Lipinski definition) is 2. The maximum atomic E-state index is 9.39. The fourth-order valence-corrected chi connectivity index (χ4v) is 2.45.